The van der Waals surface area contributed by atoms with Crippen LogP contribution in [0.15, 0.2) is 65.1 Å². The van der Waals surface area contributed by atoms with Crippen molar-refractivity contribution in [1.82, 2.24) is 10.2 Å². The summed E-state index contributed by atoms with van der Waals surface area (Å²) in [5.74, 6) is 0.451. The topological polar surface area (TPSA) is 37.8 Å². The molecule has 2 aromatic carbocycles. The van der Waals surface area contributed by atoms with Crippen LogP contribution in [-0.2, 0) is 6.54 Å². The first-order chi connectivity index (χ1) is 10.7. The SMILES string of the molecule is Fc1ccc(CNc2ccc(-c3ccc(Br)cc3)nn2)cc1. The Morgan fingerprint density at radius 3 is 2.23 bits per heavy atom. The fourth-order valence-corrected chi connectivity index (χ4v) is 2.26. The van der Waals surface area contributed by atoms with Crippen molar-refractivity contribution in [2.75, 3.05) is 5.32 Å². The summed E-state index contributed by atoms with van der Waals surface area (Å²) in [7, 11) is 0. The maximum absolute atomic E-state index is 12.8. The molecule has 0 bridgehead atoms. The molecule has 0 saturated carbocycles. The molecular weight excluding hydrogens is 345 g/mol. The highest BCUT2D eigenvalue weighted by molar-refractivity contribution is 9.10. The van der Waals surface area contributed by atoms with Crippen molar-refractivity contribution in [3.8, 4) is 11.3 Å². The molecule has 3 nitrogen and oxygen atoms in total. The fourth-order valence-electron chi connectivity index (χ4n) is 2.00. The van der Waals surface area contributed by atoms with Gasteiger partial charge in [-0.25, -0.2) is 4.39 Å². The predicted octanol–water partition coefficient (Wildman–Crippen LogP) is 4.66. The average Bonchev–Trinajstić information content (AvgIpc) is 2.56. The summed E-state index contributed by atoms with van der Waals surface area (Å²) < 4.78 is 13.9. The third-order valence-corrected chi connectivity index (χ3v) is 3.72. The summed E-state index contributed by atoms with van der Waals surface area (Å²) in [6, 6.07) is 18.1. The first-order valence-electron chi connectivity index (χ1n) is 6.79. The number of aromatic nitrogens is 2. The third kappa shape index (κ3) is 3.68. The van der Waals surface area contributed by atoms with Crippen LogP contribution < -0.4 is 5.32 Å². The van der Waals surface area contributed by atoms with Gasteiger partial charge in [-0.2, -0.15) is 0 Å². The average molecular weight is 358 g/mol. The molecule has 3 rings (SSSR count). The van der Waals surface area contributed by atoms with Crippen molar-refractivity contribution in [3.05, 3.63) is 76.5 Å². The lowest BCUT2D eigenvalue weighted by atomic mass is 10.1. The highest BCUT2D eigenvalue weighted by Gasteiger charge is 2.01. The lowest BCUT2D eigenvalue weighted by Crippen LogP contribution is -2.02. The van der Waals surface area contributed by atoms with Gasteiger partial charge in [-0.15, -0.1) is 10.2 Å². The van der Waals surface area contributed by atoms with Crippen molar-refractivity contribution in [2.45, 2.75) is 6.54 Å². The van der Waals surface area contributed by atoms with Crippen LogP contribution in [0.4, 0.5) is 10.2 Å². The van der Waals surface area contributed by atoms with Crippen molar-refractivity contribution < 1.29 is 4.39 Å². The van der Waals surface area contributed by atoms with Crippen molar-refractivity contribution >= 4 is 21.7 Å². The lowest BCUT2D eigenvalue weighted by molar-refractivity contribution is 0.627. The molecule has 1 aromatic heterocycles. The van der Waals surface area contributed by atoms with E-state index in [2.05, 4.69) is 31.4 Å². The normalized spacial score (nSPS) is 10.5. The third-order valence-electron chi connectivity index (χ3n) is 3.19. The van der Waals surface area contributed by atoms with E-state index < -0.39 is 0 Å². The van der Waals surface area contributed by atoms with E-state index in [0.29, 0.717) is 12.4 Å². The van der Waals surface area contributed by atoms with Gasteiger partial charge in [0, 0.05) is 16.6 Å². The summed E-state index contributed by atoms with van der Waals surface area (Å²) >= 11 is 3.41. The molecule has 3 aromatic rings. The highest BCUT2D eigenvalue weighted by atomic mass is 79.9. The Kier molecular flexibility index (Phi) is 4.44. The highest BCUT2D eigenvalue weighted by Crippen LogP contribution is 2.20. The number of nitrogens with zero attached hydrogens (tertiary/aromatic N) is 2. The summed E-state index contributed by atoms with van der Waals surface area (Å²) in [4.78, 5) is 0. The quantitative estimate of drug-likeness (QED) is 0.737. The van der Waals surface area contributed by atoms with Gasteiger partial charge in [0.15, 0.2) is 0 Å². The Labute approximate surface area is 136 Å². The van der Waals surface area contributed by atoms with Gasteiger partial charge in [-0.1, -0.05) is 40.2 Å². The van der Waals surface area contributed by atoms with Gasteiger partial charge < -0.3 is 5.32 Å². The van der Waals surface area contributed by atoms with Crippen LogP contribution in [0.5, 0.6) is 0 Å². The van der Waals surface area contributed by atoms with Gasteiger partial charge in [0.1, 0.15) is 11.6 Å². The number of nitrogens with one attached hydrogen (secondary N) is 1. The maximum Gasteiger partial charge on any atom is 0.148 e. The molecule has 0 amide bonds. The van der Waals surface area contributed by atoms with Gasteiger partial charge >= 0.3 is 0 Å². The van der Waals surface area contributed by atoms with E-state index in [4.69, 9.17) is 0 Å². The number of halogens is 2. The minimum absolute atomic E-state index is 0.234. The molecule has 0 aliphatic rings. The number of hydrogen-bond acceptors (Lipinski definition) is 3. The van der Waals surface area contributed by atoms with E-state index in [1.807, 2.05) is 36.4 Å². The van der Waals surface area contributed by atoms with Crippen LogP contribution in [0.3, 0.4) is 0 Å². The van der Waals surface area contributed by atoms with Crippen LogP contribution >= 0.6 is 15.9 Å². The molecule has 110 valence electrons. The van der Waals surface area contributed by atoms with Crippen LogP contribution in [0.2, 0.25) is 0 Å². The number of benzene rings is 2. The second-order valence-electron chi connectivity index (χ2n) is 4.79. The van der Waals surface area contributed by atoms with Crippen LogP contribution in [0.25, 0.3) is 11.3 Å². The van der Waals surface area contributed by atoms with Crippen LogP contribution in [-0.4, -0.2) is 10.2 Å². The minimum Gasteiger partial charge on any atom is -0.365 e. The first-order valence-corrected chi connectivity index (χ1v) is 7.58. The lowest BCUT2D eigenvalue weighted by Gasteiger charge is -2.06. The molecule has 0 radical (unpaired) electrons. The minimum atomic E-state index is -0.234. The Balaban J connectivity index is 1.66. The zero-order valence-electron chi connectivity index (χ0n) is 11.6. The monoisotopic (exact) mass is 357 g/mol. The molecule has 0 aliphatic heterocycles. The number of hydrogen-bond donors (Lipinski definition) is 1. The Morgan fingerprint density at radius 2 is 1.59 bits per heavy atom. The van der Waals surface area contributed by atoms with Crippen molar-refractivity contribution in [3.63, 3.8) is 0 Å². The second-order valence-corrected chi connectivity index (χ2v) is 5.71. The van der Waals surface area contributed by atoms with E-state index >= 15 is 0 Å². The van der Waals surface area contributed by atoms with Gasteiger partial charge in [0.2, 0.25) is 0 Å². The van der Waals surface area contributed by atoms with Crippen molar-refractivity contribution in [1.29, 1.82) is 0 Å². The summed E-state index contributed by atoms with van der Waals surface area (Å²) in [6.45, 7) is 0.576. The van der Waals surface area contributed by atoms with E-state index in [1.165, 1.54) is 12.1 Å². The zero-order chi connectivity index (χ0) is 15.4. The van der Waals surface area contributed by atoms with Gasteiger partial charge in [-0.3, -0.25) is 0 Å². The Morgan fingerprint density at radius 1 is 0.864 bits per heavy atom. The van der Waals surface area contributed by atoms with E-state index in [1.54, 1.807) is 12.1 Å². The summed E-state index contributed by atoms with van der Waals surface area (Å²) in [6.07, 6.45) is 0. The van der Waals surface area contributed by atoms with E-state index in [9.17, 15) is 4.39 Å². The smallest absolute Gasteiger partial charge is 0.148 e. The molecule has 0 fully saturated rings. The van der Waals surface area contributed by atoms with Gasteiger partial charge in [-0.05, 0) is 42.0 Å². The van der Waals surface area contributed by atoms with Gasteiger partial charge in [0.25, 0.3) is 0 Å². The molecule has 0 atom stereocenters. The maximum atomic E-state index is 12.8. The molecular formula is C17H13BrFN3. The zero-order valence-corrected chi connectivity index (χ0v) is 13.2. The molecule has 0 spiro atoms. The standard InChI is InChI=1S/C17H13BrFN3/c18-14-5-3-13(4-6-14)16-9-10-17(22-21-16)20-11-12-1-7-15(19)8-2-12/h1-10H,11H2,(H,20,22). The molecule has 0 aliphatic carbocycles. The molecule has 1 N–H and O–H groups in total. The Bertz CT molecular complexity index is 740. The summed E-state index contributed by atoms with van der Waals surface area (Å²) in [5, 5.41) is 11.5. The number of rotatable bonds is 4. The second kappa shape index (κ2) is 6.66. The largest absolute Gasteiger partial charge is 0.365 e. The van der Waals surface area contributed by atoms with Crippen LogP contribution in [0.1, 0.15) is 5.56 Å². The first kappa shape index (κ1) is 14.7. The molecule has 5 heteroatoms. The Hall–Kier alpha value is -2.27. The van der Waals surface area contributed by atoms with Crippen LogP contribution in [0, 0.1) is 5.82 Å². The molecule has 1 heterocycles. The fraction of sp³-hybridized carbons (Fsp3) is 0.0588. The van der Waals surface area contributed by atoms with Crippen molar-refractivity contribution in [2.24, 2.45) is 0 Å². The summed E-state index contributed by atoms with van der Waals surface area (Å²) in [5.41, 5.74) is 2.82. The molecule has 0 saturated heterocycles. The molecule has 0 unspecified atom stereocenters. The molecule has 22 heavy (non-hydrogen) atoms. The number of anilines is 1. The van der Waals surface area contributed by atoms with Gasteiger partial charge in [0.05, 0.1) is 5.69 Å². The predicted molar refractivity (Wildman–Crippen MR) is 88.9 cm³/mol. The van der Waals surface area contributed by atoms with E-state index in [0.717, 1.165) is 21.3 Å². The van der Waals surface area contributed by atoms with E-state index in [-0.39, 0.29) is 5.82 Å².